The van der Waals surface area contributed by atoms with Gasteiger partial charge >= 0.3 is 42.2 Å². The van der Waals surface area contributed by atoms with E-state index < -0.39 is 69.3 Å². The van der Waals surface area contributed by atoms with E-state index in [0.29, 0.717) is 6.07 Å². The zero-order chi connectivity index (χ0) is 28.2. The molecule has 0 saturated heterocycles. The normalized spacial score (nSPS) is 17.1. The van der Waals surface area contributed by atoms with Crippen molar-refractivity contribution in [3.8, 4) is 5.75 Å². The molecule has 1 nitrogen and oxygen atoms in total. The maximum atomic E-state index is 15.0. The summed E-state index contributed by atoms with van der Waals surface area (Å²) in [4.78, 5) is 0. The third-order valence-corrected chi connectivity index (χ3v) is 4.20. The first-order valence-electron chi connectivity index (χ1n) is 7.73. The summed E-state index contributed by atoms with van der Waals surface area (Å²) < 4.78 is 229. The molecular formula is C15H3Cl2F17O. The molecule has 0 aliphatic heterocycles. The van der Waals surface area contributed by atoms with Crippen LogP contribution in [0.15, 0.2) is 29.6 Å². The van der Waals surface area contributed by atoms with Crippen molar-refractivity contribution in [2.45, 2.75) is 42.2 Å². The molecule has 0 amide bonds. The van der Waals surface area contributed by atoms with Gasteiger partial charge in [0.2, 0.25) is 0 Å². The second-order valence-corrected chi connectivity index (χ2v) is 7.09. The van der Waals surface area contributed by atoms with Gasteiger partial charge in [-0.15, -0.1) is 0 Å². The lowest BCUT2D eigenvalue weighted by Gasteiger charge is -2.38. The van der Waals surface area contributed by atoms with E-state index in [4.69, 9.17) is 23.2 Å². The zero-order valence-corrected chi connectivity index (χ0v) is 16.8. The minimum Gasteiger partial charge on any atom is -0.448 e. The topological polar surface area (TPSA) is 9.23 Å². The first kappa shape index (κ1) is 31.2. The largest absolute Gasteiger partial charge is 0.461 e. The van der Waals surface area contributed by atoms with Crippen molar-refractivity contribution in [2.75, 3.05) is 0 Å². The predicted octanol–water partition coefficient (Wildman–Crippen LogP) is 8.85. The van der Waals surface area contributed by atoms with Crippen LogP contribution in [-0.2, 0) is 0 Å². The maximum absolute atomic E-state index is 15.0. The number of alkyl halides is 16. The molecule has 0 aliphatic carbocycles. The molecule has 35 heavy (non-hydrogen) atoms. The number of halogens is 19. The highest BCUT2D eigenvalue weighted by Crippen LogP contribution is 2.59. The molecule has 0 bridgehead atoms. The Morgan fingerprint density at radius 2 is 0.971 bits per heavy atom. The predicted molar refractivity (Wildman–Crippen MR) is 82.1 cm³/mol. The Balaban J connectivity index is 4.33. The molecule has 0 heterocycles. The van der Waals surface area contributed by atoms with Gasteiger partial charge in [-0.25, -0.2) is 8.78 Å². The molecule has 0 fully saturated rings. The van der Waals surface area contributed by atoms with Crippen LogP contribution in [0.2, 0.25) is 10.0 Å². The summed E-state index contributed by atoms with van der Waals surface area (Å²) in [5.74, 6) is -22.6. The molecule has 0 aromatic heterocycles. The average molecular weight is 593 g/mol. The van der Waals surface area contributed by atoms with Gasteiger partial charge in [-0.2, -0.15) is 65.9 Å². The summed E-state index contributed by atoms with van der Waals surface area (Å²) in [6.07, 6.45) is -30.9. The molecule has 20 heteroatoms. The number of benzene rings is 1. The van der Waals surface area contributed by atoms with E-state index in [9.17, 15) is 70.2 Å². The minimum absolute atomic E-state index is 0.0870. The molecule has 1 aromatic carbocycles. The van der Waals surface area contributed by atoms with E-state index in [1.807, 2.05) is 0 Å². The van der Waals surface area contributed by atoms with Crippen LogP contribution in [-0.4, -0.2) is 42.2 Å². The van der Waals surface area contributed by atoms with Crippen molar-refractivity contribution in [2.24, 2.45) is 0 Å². The second-order valence-electron chi connectivity index (χ2n) is 6.22. The first-order valence-corrected chi connectivity index (χ1v) is 8.49. The van der Waals surface area contributed by atoms with Crippen molar-refractivity contribution < 1.29 is 79.4 Å². The van der Waals surface area contributed by atoms with E-state index >= 15 is 4.39 Å². The minimum atomic E-state index is -7.93. The summed E-state index contributed by atoms with van der Waals surface area (Å²) in [6, 6.07) is 0.394. The summed E-state index contributed by atoms with van der Waals surface area (Å²) in [5.41, 5.74) is -13.2. The van der Waals surface area contributed by atoms with Crippen LogP contribution in [0.25, 0.3) is 0 Å². The summed E-state index contributed by atoms with van der Waals surface area (Å²) in [6.45, 7) is 0. The Hall–Kier alpha value is -1.85. The Bertz CT molecular complexity index is 937. The lowest BCUT2D eigenvalue weighted by molar-refractivity contribution is -0.364. The fourth-order valence-electron chi connectivity index (χ4n) is 2.23. The Morgan fingerprint density at radius 3 is 1.26 bits per heavy atom. The first-order chi connectivity index (χ1) is 15.1. The van der Waals surface area contributed by atoms with Crippen LogP contribution in [0.3, 0.4) is 0 Å². The van der Waals surface area contributed by atoms with E-state index in [-0.39, 0.29) is 12.1 Å². The van der Waals surface area contributed by atoms with Gasteiger partial charge in [0.15, 0.2) is 11.4 Å². The highest BCUT2D eigenvalue weighted by molar-refractivity contribution is 6.34. The quantitative estimate of drug-likeness (QED) is 0.310. The van der Waals surface area contributed by atoms with Crippen LogP contribution in [0.5, 0.6) is 5.75 Å². The summed E-state index contributed by atoms with van der Waals surface area (Å²) in [5, 5.41) is -1.85. The smallest absolute Gasteiger partial charge is 0.448 e. The molecule has 0 spiro atoms. The molecule has 202 valence electrons. The van der Waals surface area contributed by atoms with Crippen molar-refractivity contribution >= 4 is 23.2 Å². The molecule has 0 saturated carbocycles. The van der Waals surface area contributed by atoms with Gasteiger partial charge in [0, 0.05) is 10.0 Å². The second kappa shape index (κ2) is 8.92. The molecule has 0 N–H and O–H groups in total. The van der Waals surface area contributed by atoms with E-state index in [2.05, 4.69) is 4.74 Å². The molecule has 0 radical (unpaired) electrons. The fraction of sp³-hybridized carbons (Fsp3) is 0.467. The third-order valence-electron chi connectivity index (χ3n) is 3.76. The standard InChI is InChI=1S/C15H3Cl2F17O/c16-4-1-5(17)3-6(2-4)35-10(20,12(24,25)15(32,33)34)7(11(21,22)23)8(18)9(19,13(26,27)28)14(29,30)31/h1-3H/b8-7+. The lowest BCUT2D eigenvalue weighted by atomic mass is 9.91. The Kier molecular flexibility index (Phi) is 7.94. The van der Waals surface area contributed by atoms with Gasteiger partial charge in [-0.1, -0.05) is 23.2 Å². The summed E-state index contributed by atoms with van der Waals surface area (Å²) in [7, 11) is 0. The third kappa shape index (κ3) is 5.46. The van der Waals surface area contributed by atoms with Gasteiger partial charge in [0.1, 0.15) is 5.75 Å². The van der Waals surface area contributed by atoms with Crippen LogP contribution >= 0.6 is 23.2 Å². The van der Waals surface area contributed by atoms with Gasteiger partial charge < -0.3 is 4.74 Å². The zero-order valence-electron chi connectivity index (χ0n) is 15.3. The number of allylic oxidation sites excluding steroid dienone is 1. The van der Waals surface area contributed by atoms with E-state index in [0.717, 1.165) is 0 Å². The fourth-order valence-corrected chi connectivity index (χ4v) is 2.74. The number of hydrogen-bond donors (Lipinski definition) is 0. The Morgan fingerprint density at radius 1 is 0.600 bits per heavy atom. The van der Waals surface area contributed by atoms with Gasteiger partial charge in [-0.3, -0.25) is 0 Å². The molecule has 0 aliphatic rings. The SMILES string of the molecule is F/C(=C(/C(F)(F)F)C(F)(Oc1cc(Cl)cc(Cl)c1)C(F)(F)C(F)(F)F)C(F)(C(F)(F)F)C(F)(F)F. The molecule has 1 atom stereocenters. The average Bonchev–Trinajstić information content (AvgIpc) is 2.55. The van der Waals surface area contributed by atoms with Crippen LogP contribution in [0.1, 0.15) is 0 Å². The number of rotatable bonds is 5. The van der Waals surface area contributed by atoms with Gasteiger partial charge in [0.25, 0.3) is 0 Å². The van der Waals surface area contributed by atoms with Crippen LogP contribution in [0.4, 0.5) is 74.6 Å². The van der Waals surface area contributed by atoms with Crippen LogP contribution < -0.4 is 4.74 Å². The highest BCUT2D eigenvalue weighted by Gasteiger charge is 2.83. The molecular weight excluding hydrogens is 590 g/mol. The lowest BCUT2D eigenvalue weighted by Crippen LogP contribution is -2.63. The highest BCUT2D eigenvalue weighted by atomic mass is 35.5. The van der Waals surface area contributed by atoms with E-state index in [1.165, 1.54) is 0 Å². The maximum Gasteiger partial charge on any atom is 0.461 e. The molecule has 1 unspecified atom stereocenters. The van der Waals surface area contributed by atoms with Crippen molar-refractivity contribution in [1.82, 2.24) is 0 Å². The summed E-state index contributed by atoms with van der Waals surface area (Å²) >= 11 is 10.5. The van der Waals surface area contributed by atoms with Gasteiger partial charge in [-0.05, 0) is 18.2 Å². The Labute approximate surface area is 191 Å². The van der Waals surface area contributed by atoms with Crippen molar-refractivity contribution in [3.05, 3.63) is 39.6 Å². The van der Waals surface area contributed by atoms with Crippen molar-refractivity contribution in [1.29, 1.82) is 0 Å². The molecule has 1 aromatic rings. The van der Waals surface area contributed by atoms with E-state index in [1.54, 1.807) is 0 Å². The monoisotopic (exact) mass is 592 g/mol. The van der Waals surface area contributed by atoms with Crippen LogP contribution in [0, 0.1) is 0 Å². The molecule has 1 rings (SSSR count). The van der Waals surface area contributed by atoms with Gasteiger partial charge in [0.05, 0.1) is 0 Å². The number of ether oxygens (including phenoxy) is 1. The number of hydrogen-bond acceptors (Lipinski definition) is 1. The van der Waals surface area contributed by atoms with Crippen molar-refractivity contribution in [3.63, 3.8) is 0 Å².